The summed E-state index contributed by atoms with van der Waals surface area (Å²) in [6.07, 6.45) is 1.25. The second-order valence-corrected chi connectivity index (χ2v) is 6.46. The lowest BCUT2D eigenvalue weighted by molar-refractivity contribution is -0.123. The average Bonchev–Trinajstić information content (AvgIpc) is 3.17. The molecule has 7 nitrogen and oxygen atoms in total. The SMILES string of the molecule is O=C(COc1ncnc2onc(-c3ccc(F)cc3)c12)NCc1ccccc1Cl. The topological polar surface area (TPSA) is 90.1 Å². The maximum atomic E-state index is 13.2. The van der Waals surface area contributed by atoms with Gasteiger partial charge in [-0.15, -0.1) is 0 Å². The third kappa shape index (κ3) is 4.17. The number of hydrogen-bond donors (Lipinski definition) is 1. The number of fused-ring (bicyclic) bond motifs is 1. The van der Waals surface area contributed by atoms with Crippen LogP contribution in [0.2, 0.25) is 5.02 Å². The van der Waals surface area contributed by atoms with Crippen molar-refractivity contribution in [2.45, 2.75) is 6.54 Å². The lowest BCUT2D eigenvalue weighted by Crippen LogP contribution is -2.28. The van der Waals surface area contributed by atoms with Gasteiger partial charge >= 0.3 is 0 Å². The van der Waals surface area contributed by atoms with Gasteiger partial charge in [0.05, 0.1) is 0 Å². The normalized spacial score (nSPS) is 10.8. The maximum Gasteiger partial charge on any atom is 0.265 e. The molecule has 0 bridgehead atoms. The van der Waals surface area contributed by atoms with Crippen LogP contribution in [-0.2, 0) is 11.3 Å². The Morgan fingerprint density at radius 1 is 1.14 bits per heavy atom. The second-order valence-electron chi connectivity index (χ2n) is 6.05. The highest BCUT2D eigenvalue weighted by molar-refractivity contribution is 6.31. The summed E-state index contributed by atoms with van der Waals surface area (Å²) in [6, 6.07) is 13.0. The van der Waals surface area contributed by atoms with Crippen LogP contribution in [0.1, 0.15) is 5.56 Å². The lowest BCUT2D eigenvalue weighted by atomic mass is 10.1. The largest absolute Gasteiger partial charge is 0.467 e. The number of carbonyl (C=O) groups excluding carboxylic acids is 1. The van der Waals surface area contributed by atoms with E-state index >= 15 is 0 Å². The van der Waals surface area contributed by atoms with Gasteiger partial charge in [0, 0.05) is 17.1 Å². The molecule has 0 saturated carbocycles. The summed E-state index contributed by atoms with van der Waals surface area (Å²) < 4.78 is 24.0. The first-order valence-electron chi connectivity index (χ1n) is 8.61. The summed E-state index contributed by atoms with van der Waals surface area (Å²) in [4.78, 5) is 20.3. The summed E-state index contributed by atoms with van der Waals surface area (Å²) in [5.41, 5.74) is 2.00. The van der Waals surface area contributed by atoms with Gasteiger partial charge in [-0.1, -0.05) is 35.0 Å². The van der Waals surface area contributed by atoms with E-state index in [1.807, 2.05) is 18.2 Å². The minimum Gasteiger partial charge on any atom is -0.467 e. The maximum absolute atomic E-state index is 13.2. The van der Waals surface area contributed by atoms with Crippen molar-refractivity contribution in [1.82, 2.24) is 20.4 Å². The number of nitrogens with one attached hydrogen (secondary N) is 1. The first kappa shape index (κ1) is 18.8. The zero-order chi connectivity index (χ0) is 20.2. The van der Waals surface area contributed by atoms with E-state index in [2.05, 4.69) is 20.4 Å². The molecule has 0 aliphatic carbocycles. The van der Waals surface area contributed by atoms with Crippen LogP contribution in [0.3, 0.4) is 0 Å². The van der Waals surface area contributed by atoms with Crippen LogP contribution in [0.15, 0.2) is 59.4 Å². The summed E-state index contributed by atoms with van der Waals surface area (Å²) in [6.45, 7) is -0.000248. The van der Waals surface area contributed by atoms with Gasteiger partial charge < -0.3 is 14.6 Å². The molecule has 2 aromatic heterocycles. The average molecular weight is 413 g/mol. The van der Waals surface area contributed by atoms with Crippen LogP contribution in [0.4, 0.5) is 4.39 Å². The molecule has 0 saturated heterocycles. The van der Waals surface area contributed by atoms with Crippen LogP contribution < -0.4 is 10.1 Å². The van der Waals surface area contributed by atoms with Gasteiger partial charge in [-0.3, -0.25) is 4.79 Å². The van der Waals surface area contributed by atoms with E-state index in [0.29, 0.717) is 21.7 Å². The zero-order valence-electron chi connectivity index (χ0n) is 14.9. The van der Waals surface area contributed by atoms with Gasteiger partial charge in [-0.2, -0.15) is 4.98 Å². The summed E-state index contributed by atoms with van der Waals surface area (Å²) in [7, 11) is 0. The molecule has 0 fully saturated rings. The van der Waals surface area contributed by atoms with Crippen molar-refractivity contribution < 1.29 is 18.4 Å². The number of halogens is 2. The van der Waals surface area contributed by atoms with Gasteiger partial charge in [0.1, 0.15) is 23.2 Å². The molecule has 1 N–H and O–H groups in total. The second kappa shape index (κ2) is 8.24. The van der Waals surface area contributed by atoms with Crippen molar-refractivity contribution in [3.8, 4) is 17.1 Å². The monoisotopic (exact) mass is 412 g/mol. The summed E-state index contributed by atoms with van der Waals surface area (Å²) >= 11 is 6.08. The Morgan fingerprint density at radius 2 is 1.93 bits per heavy atom. The van der Waals surface area contributed by atoms with Gasteiger partial charge in [0.25, 0.3) is 11.6 Å². The quantitative estimate of drug-likeness (QED) is 0.518. The third-order valence-electron chi connectivity index (χ3n) is 4.13. The molecule has 29 heavy (non-hydrogen) atoms. The van der Waals surface area contributed by atoms with Crippen molar-refractivity contribution in [3.05, 3.63) is 71.3 Å². The zero-order valence-corrected chi connectivity index (χ0v) is 15.7. The first-order chi connectivity index (χ1) is 14.1. The summed E-state index contributed by atoms with van der Waals surface area (Å²) in [5, 5.41) is 7.68. The Morgan fingerprint density at radius 3 is 2.72 bits per heavy atom. The number of amides is 1. The van der Waals surface area contributed by atoms with E-state index in [9.17, 15) is 9.18 Å². The molecular weight excluding hydrogens is 399 g/mol. The van der Waals surface area contributed by atoms with E-state index in [0.717, 1.165) is 5.56 Å². The Hall–Kier alpha value is -3.52. The Labute approximate surface area is 169 Å². The van der Waals surface area contributed by atoms with Crippen molar-refractivity contribution in [2.24, 2.45) is 0 Å². The molecule has 9 heteroatoms. The minimum atomic E-state index is -0.371. The molecule has 4 rings (SSSR count). The number of nitrogens with zero attached hydrogens (tertiary/aromatic N) is 3. The number of rotatable bonds is 6. The molecule has 0 atom stereocenters. The van der Waals surface area contributed by atoms with Crippen LogP contribution in [0.25, 0.3) is 22.4 Å². The molecule has 1 amide bonds. The van der Waals surface area contributed by atoms with Crippen molar-refractivity contribution in [1.29, 1.82) is 0 Å². The van der Waals surface area contributed by atoms with E-state index < -0.39 is 0 Å². The summed E-state index contributed by atoms with van der Waals surface area (Å²) in [5.74, 6) is -0.579. The standard InChI is InChI=1S/C20H14ClFN4O3/c21-15-4-2-1-3-13(15)9-23-16(27)10-28-19-17-18(12-5-7-14(22)8-6-12)26-29-20(17)25-11-24-19/h1-8,11H,9-10H2,(H,23,27). The van der Waals surface area contributed by atoms with E-state index in [-0.39, 0.29) is 36.5 Å². The number of benzene rings is 2. The molecule has 2 heterocycles. The van der Waals surface area contributed by atoms with Crippen LogP contribution >= 0.6 is 11.6 Å². The van der Waals surface area contributed by atoms with Crippen LogP contribution in [-0.4, -0.2) is 27.6 Å². The smallest absolute Gasteiger partial charge is 0.265 e. The van der Waals surface area contributed by atoms with E-state index in [1.54, 1.807) is 18.2 Å². The first-order valence-corrected chi connectivity index (χ1v) is 8.99. The Balaban J connectivity index is 1.49. The minimum absolute atomic E-state index is 0.142. The lowest BCUT2D eigenvalue weighted by Gasteiger charge is -2.08. The van der Waals surface area contributed by atoms with E-state index in [4.69, 9.17) is 20.9 Å². The highest BCUT2D eigenvalue weighted by Crippen LogP contribution is 2.32. The predicted octanol–water partition coefficient (Wildman–Crippen LogP) is 3.77. The Kier molecular flexibility index (Phi) is 5.35. The van der Waals surface area contributed by atoms with Crippen molar-refractivity contribution >= 4 is 28.6 Å². The molecule has 0 radical (unpaired) electrons. The van der Waals surface area contributed by atoms with Crippen molar-refractivity contribution in [3.63, 3.8) is 0 Å². The van der Waals surface area contributed by atoms with Crippen LogP contribution in [0.5, 0.6) is 5.88 Å². The Bertz CT molecular complexity index is 1160. The molecular formula is C20H14ClFN4O3. The molecule has 4 aromatic rings. The number of aromatic nitrogens is 3. The highest BCUT2D eigenvalue weighted by Gasteiger charge is 2.18. The number of hydrogen-bond acceptors (Lipinski definition) is 6. The fraction of sp³-hybridized carbons (Fsp3) is 0.100. The molecule has 0 aliphatic rings. The predicted molar refractivity (Wildman–Crippen MR) is 104 cm³/mol. The van der Waals surface area contributed by atoms with Gasteiger partial charge in [0.2, 0.25) is 5.88 Å². The molecule has 0 unspecified atom stereocenters. The molecule has 2 aromatic carbocycles. The van der Waals surface area contributed by atoms with Gasteiger partial charge in [-0.25, -0.2) is 9.37 Å². The van der Waals surface area contributed by atoms with Gasteiger partial charge in [0.15, 0.2) is 6.61 Å². The molecule has 0 spiro atoms. The highest BCUT2D eigenvalue weighted by atomic mass is 35.5. The van der Waals surface area contributed by atoms with Crippen LogP contribution in [0, 0.1) is 5.82 Å². The fourth-order valence-corrected chi connectivity index (χ4v) is 2.90. The number of ether oxygens (including phenoxy) is 1. The third-order valence-corrected chi connectivity index (χ3v) is 4.50. The molecule has 0 aliphatic heterocycles. The van der Waals surface area contributed by atoms with Crippen molar-refractivity contribution in [2.75, 3.05) is 6.61 Å². The van der Waals surface area contributed by atoms with Gasteiger partial charge in [-0.05, 0) is 35.9 Å². The van der Waals surface area contributed by atoms with E-state index in [1.165, 1.54) is 18.5 Å². The fourth-order valence-electron chi connectivity index (χ4n) is 2.70. The number of carbonyl (C=O) groups is 1. The molecule has 146 valence electrons.